The SMILES string of the molecule is COc1cccc(/C=C2/Oc3ccccc3N(CC(=O)N[C@@H]3CCC[C@@H](C)[C@@H]3C)C2=O)c1. The minimum atomic E-state index is -0.341. The topological polar surface area (TPSA) is 67.9 Å². The van der Waals surface area contributed by atoms with Gasteiger partial charge in [0, 0.05) is 6.04 Å². The molecule has 32 heavy (non-hydrogen) atoms. The maximum Gasteiger partial charge on any atom is 0.294 e. The highest BCUT2D eigenvalue weighted by molar-refractivity contribution is 6.12. The quantitative estimate of drug-likeness (QED) is 0.708. The van der Waals surface area contributed by atoms with Crippen LogP contribution in [0.4, 0.5) is 5.69 Å². The number of nitrogens with one attached hydrogen (secondary N) is 1. The molecule has 1 saturated carbocycles. The molecule has 4 rings (SSSR count). The zero-order valence-electron chi connectivity index (χ0n) is 18.8. The molecule has 1 aliphatic heterocycles. The van der Waals surface area contributed by atoms with E-state index in [1.165, 1.54) is 11.3 Å². The highest BCUT2D eigenvalue weighted by atomic mass is 16.5. The van der Waals surface area contributed by atoms with Crippen molar-refractivity contribution in [2.45, 2.75) is 39.2 Å². The van der Waals surface area contributed by atoms with E-state index >= 15 is 0 Å². The van der Waals surface area contributed by atoms with Crippen LogP contribution in [0.25, 0.3) is 6.08 Å². The highest BCUT2D eigenvalue weighted by Gasteiger charge is 2.33. The van der Waals surface area contributed by atoms with E-state index in [1.54, 1.807) is 25.3 Å². The summed E-state index contributed by atoms with van der Waals surface area (Å²) in [5.74, 6) is 1.92. The molecule has 1 aliphatic carbocycles. The summed E-state index contributed by atoms with van der Waals surface area (Å²) < 4.78 is 11.2. The highest BCUT2D eigenvalue weighted by Crippen LogP contribution is 2.36. The molecule has 6 heteroatoms. The number of carbonyl (C=O) groups is 2. The van der Waals surface area contributed by atoms with Gasteiger partial charge in [-0.2, -0.15) is 0 Å². The molecule has 0 spiro atoms. The lowest BCUT2D eigenvalue weighted by Gasteiger charge is -2.35. The molecule has 2 aliphatic rings. The van der Waals surface area contributed by atoms with Crippen LogP contribution in [0.2, 0.25) is 0 Å². The second-order valence-electron chi connectivity index (χ2n) is 8.69. The van der Waals surface area contributed by atoms with Crippen molar-refractivity contribution >= 4 is 23.6 Å². The normalized spacial score (nSPS) is 24.0. The third kappa shape index (κ3) is 4.64. The first-order valence-corrected chi connectivity index (χ1v) is 11.2. The number of ether oxygens (including phenoxy) is 2. The lowest BCUT2D eigenvalue weighted by Crippen LogP contribution is -2.49. The van der Waals surface area contributed by atoms with Gasteiger partial charge >= 0.3 is 0 Å². The van der Waals surface area contributed by atoms with Crippen molar-refractivity contribution < 1.29 is 19.1 Å². The Balaban J connectivity index is 1.57. The molecule has 2 aromatic rings. The molecule has 0 radical (unpaired) electrons. The molecule has 6 nitrogen and oxygen atoms in total. The van der Waals surface area contributed by atoms with Crippen molar-refractivity contribution in [3.8, 4) is 11.5 Å². The minimum Gasteiger partial charge on any atom is -0.497 e. The van der Waals surface area contributed by atoms with E-state index < -0.39 is 0 Å². The summed E-state index contributed by atoms with van der Waals surface area (Å²) in [4.78, 5) is 27.8. The van der Waals surface area contributed by atoms with Gasteiger partial charge in [-0.15, -0.1) is 0 Å². The van der Waals surface area contributed by atoms with Crippen molar-refractivity contribution in [3.05, 3.63) is 59.9 Å². The van der Waals surface area contributed by atoms with E-state index in [4.69, 9.17) is 9.47 Å². The third-order valence-electron chi connectivity index (χ3n) is 6.58. The molecule has 0 unspecified atom stereocenters. The average molecular weight is 435 g/mol. The van der Waals surface area contributed by atoms with Crippen LogP contribution in [0.1, 0.15) is 38.7 Å². The van der Waals surface area contributed by atoms with Gasteiger partial charge in [0.25, 0.3) is 5.91 Å². The number of fused-ring (bicyclic) bond motifs is 1. The summed E-state index contributed by atoms with van der Waals surface area (Å²) in [6, 6.07) is 14.8. The van der Waals surface area contributed by atoms with Crippen molar-refractivity contribution in [3.63, 3.8) is 0 Å². The molecule has 3 atom stereocenters. The van der Waals surface area contributed by atoms with Crippen molar-refractivity contribution in [2.75, 3.05) is 18.6 Å². The smallest absolute Gasteiger partial charge is 0.294 e. The monoisotopic (exact) mass is 434 g/mol. The van der Waals surface area contributed by atoms with Crippen molar-refractivity contribution in [2.24, 2.45) is 11.8 Å². The Morgan fingerprint density at radius 2 is 2.00 bits per heavy atom. The lowest BCUT2D eigenvalue weighted by atomic mass is 9.78. The molecule has 2 amide bonds. The molecule has 1 N–H and O–H groups in total. The van der Waals surface area contributed by atoms with Crippen LogP contribution in [0, 0.1) is 11.8 Å². The number of anilines is 1. The zero-order chi connectivity index (χ0) is 22.7. The van der Waals surface area contributed by atoms with Crippen molar-refractivity contribution in [1.82, 2.24) is 5.32 Å². The Labute approximate surface area is 189 Å². The van der Waals surface area contributed by atoms with Crippen LogP contribution in [0.3, 0.4) is 0 Å². The van der Waals surface area contributed by atoms with Gasteiger partial charge < -0.3 is 14.8 Å². The lowest BCUT2D eigenvalue weighted by molar-refractivity contribution is -0.124. The van der Waals surface area contributed by atoms with Gasteiger partial charge in [-0.3, -0.25) is 14.5 Å². The summed E-state index contributed by atoms with van der Waals surface area (Å²) >= 11 is 0. The second kappa shape index (κ2) is 9.47. The molecular formula is C26H30N2O4. The largest absolute Gasteiger partial charge is 0.497 e. The van der Waals surface area contributed by atoms with E-state index in [9.17, 15) is 9.59 Å². The van der Waals surface area contributed by atoms with Gasteiger partial charge in [0.1, 0.15) is 12.3 Å². The maximum absolute atomic E-state index is 13.3. The first-order chi connectivity index (χ1) is 15.5. The van der Waals surface area contributed by atoms with Crippen LogP contribution in [0.15, 0.2) is 54.3 Å². The number of methoxy groups -OCH3 is 1. The number of carbonyl (C=O) groups excluding carboxylic acids is 2. The van der Waals surface area contributed by atoms with E-state index in [2.05, 4.69) is 19.2 Å². The molecular weight excluding hydrogens is 404 g/mol. The fraction of sp³-hybridized carbons (Fsp3) is 0.385. The number of benzene rings is 2. The van der Waals surface area contributed by atoms with Crippen LogP contribution in [-0.2, 0) is 9.59 Å². The molecule has 0 saturated heterocycles. The van der Waals surface area contributed by atoms with Crippen LogP contribution >= 0.6 is 0 Å². The molecule has 1 heterocycles. The third-order valence-corrected chi connectivity index (χ3v) is 6.58. The van der Waals surface area contributed by atoms with Gasteiger partial charge in [0.2, 0.25) is 5.91 Å². The minimum absolute atomic E-state index is 0.0493. The maximum atomic E-state index is 13.3. The molecule has 168 valence electrons. The van der Waals surface area contributed by atoms with E-state index in [1.807, 2.05) is 36.4 Å². The van der Waals surface area contributed by atoms with Gasteiger partial charge in [-0.25, -0.2) is 0 Å². The first-order valence-electron chi connectivity index (χ1n) is 11.2. The van der Waals surface area contributed by atoms with Gasteiger partial charge in [0.05, 0.1) is 12.8 Å². The fourth-order valence-corrected chi connectivity index (χ4v) is 4.48. The zero-order valence-corrected chi connectivity index (χ0v) is 18.8. The first kappa shape index (κ1) is 21.9. The van der Waals surface area contributed by atoms with E-state index in [-0.39, 0.29) is 30.2 Å². The number of nitrogens with zero attached hydrogens (tertiary/aromatic N) is 1. The van der Waals surface area contributed by atoms with Gasteiger partial charge in [0.15, 0.2) is 11.5 Å². The van der Waals surface area contributed by atoms with Crippen LogP contribution < -0.4 is 19.7 Å². The summed E-state index contributed by atoms with van der Waals surface area (Å²) in [6.45, 7) is 4.38. The summed E-state index contributed by atoms with van der Waals surface area (Å²) in [5, 5.41) is 3.17. The van der Waals surface area contributed by atoms with Crippen LogP contribution in [-0.4, -0.2) is 31.5 Å². The average Bonchev–Trinajstić information content (AvgIpc) is 2.80. The summed E-state index contributed by atoms with van der Waals surface area (Å²) in [6.07, 6.45) is 4.97. The van der Waals surface area contributed by atoms with Crippen LogP contribution in [0.5, 0.6) is 11.5 Å². The number of hydrogen-bond donors (Lipinski definition) is 1. The molecule has 1 fully saturated rings. The van der Waals surface area contributed by atoms with E-state index in [0.717, 1.165) is 18.4 Å². The Kier molecular flexibility index (Phi) is 6.49. The fourth-order valence-electron chi connectivity index (χ4n) is 4.48. The predicted molar refractivity (Wildman–Crippen MR) is 125 cm³/mol. The summed E-state index contributed by atoms with van der Waals surface area (Å²) in [5.41, 5.74) is 1.38. The second-order valence-corrected chi connectivity index (χ2v) is 8.69. The number of amides is 2. The number of hydrogen-bond acceptors (Lipinski definition) is 4. The van der Waals surface area contributed by atoms with E-state index in [0.29, 0.717) is 29.0 Å². The Bertz CT molecular complexity index is 1030. The standard InChI is InChI=1S/C26H30N2O4/c1-17-8-6-11-21(18(17)2)27-25(29)16-28-22-12-4-5-13-23(22)32-24(26(28)30)15-19-9-7-10-20(14-19)31-3/h4-5,7,9-10,12-15,17-18,21H,6,8,11,16H2,1-3H3,(H,27,29)/b24-15+/t17-,18+,21-/m1/s1. The summed E-state index contributed by atoms with van der Waals surface area (Å²) in [7, 11) is 1.60. The molecule has 0 aromatic heterocycles. The van der Waals surface area contributed by atoms with Crippen molar-refractivity contribution in [1.29, 1.82) is 0 Å². The Morgan fingerprint density at radius 1 is 1.19 bits per heavy atom. The number of rotatable bonds is 5. The van der Waals surface area contributed by atoms with Gasteiger partial charge in [-0.05, 0) is 54.2 Å². The predicted octanol–water partition coefficient (Wildman–Crippen LogP) is 4.40. The number of para-hydroxylation sites is 2. The Hall–Kier alpha value is -3.28. The Morgan fingerprint density at radius 3 is 2.81 bits per heavy atom. The molecule has 0 bridgehead atoms. The van der Waals surface area contributed by atoms with Gasteiger partial charge in [-0.1, -0.05) is 51.0 Å². The molecule has 2 aromatic carbocycles.